The van der Waals surface area contributed by atoms with Crippen LogP contribution >= 0.6 is 0 Å². The highest BCUT2D eigenvalue weighted by molar-refractivity contribution is 6.08. The van der Waals surface area contributed by atoms with Gasteiger partial charge in [-0.05, 0) is 23.3 Å². The number of hydrogen-bond acceptors (Lipinski definition) is 10. The molecule has 17 heteroatoms. The van der Waals surface area contributed by atoms with Crippen LogP contribution in [0.1, 0.15) is 45.6 Å². The number of nitrogens with two attached hydrogens (primary N) is 2. The molecule has 0 saturated carbocycles. The molecular weight excluding hydrogens is 654 g/mol. The summed E-state index contributed by atoms with van der Waals surface area (Å²) in [6.07, 6.45) is -0.898. The Balaban J connectivity index is 1.48. The van der Waals surface area contributed by atoms with E-state index in [1.54, 1.807) is 42.5 Å². The molecule has 0 radical (unpaired) electrons. The van der Waals surface area contributed by atoms with Crippen molar-refractivity contribution in [2.24, 2.45) is 16.5 Å². The Morgan fingerprint density at radius 2 is 1.62 bits per heavy atom. The number of esters is 2. The van der Waals surface area contributed by atoms with Gasteiger partial charge in [0.05, 0.1) is 24.8 Å². The Kier molecular flexibility index (Phi) is 11.8. The summed E-state index contributed by atoms with van der Waals surface area (Å²) < 4.78 is 10.1. The first kappa shape index (κ1) is 36.1. The summed E-state index contributed by atoms with van der Waals surface area (Å²) in [7, 11) is 1.10. The molecule has 1 heterocycles. The smallest absolute Gasteiger partial charge is 0.338 e. The molecule has 0 bridgehead atoms. The van der Waals surface area contributed by atoms with Gasteiger partial charge in [0.15, 0.2) is 12.0 Å². The number of benzene rings is 3. The third kappa shape index (κ3) is 9.18. The van der Waals surface area contributed by atoms with E-state index in [-0.39, 0.29) is 23.4 Å². The maximum Gasteiger partial charge on any atom is 0.338 e. The number of aliphatic imine (C=N–C) groups is 1. The number of hydrogen-bond donors (Lipinski definition) is 6. The number of amides is 5. The van der Waals surface area contributed by atoms with Crippen molar-refractivity contribution in [2.75, 3.05) is 13.7 Å². The number of imide groups is 1. The zero-order valence-corrected chi connectivity index (χ0v) is 26.5. The molecule has 260 valence electrons. The SMILES string of the molecule is COC(=O)[C@@H](NC(=O)[C@H](CC(=O)O)NC(=O)CN1C(=O)NC(c2ccc(C(=O)OCc3ccccc3)cc2N=C(N)N)C1=O)c1ccccc1. The van der Waals surface area contributed by atoms with Gasteiger partial charge in [-0.2, -0.15) is 0 Å². The number of carboxylic acid groups (broad SMARTS) is 1. The fraction of sp³-hybridized carbons (Fsp3) is 0.212. The summed E-state index contributed by atoms with van der Waals surface area (Å²) in [4.78, 5) is 93.7. The molecule has 0 aliphatic carbocycles. The standard InChI is InChI=1S/C33H33N7O10/c1-49-31(47)26(19-10-6-3-7-11-19)38-28(44)23(15-25(42)43)36-24(41)16-40-29(45)27(39-33(40)48)21-13-12-20(14-22(21)37-32(34)35)30(46)50-17-18-8-4-2-5-9-18/h2-14,23,26-27H,15-17H2,1H3,(H,36,41)(H,38,44)(H,39,48)(H,42,43)(H4,34,35,37)/t23-,26-,27?/m0/s1. The van der Waals surface area contributed by atoms with Gasteiger partial charge in [-0.3, -0.25) is 24.1 Å². The Morgan fingerprint density at radius 1 is 0.960 bits per heavy atom. The van der Waals surface area contributed by atoms with E-state index in [0.29, 0.717) is 10.5 Å². The summed E-state index contributed by atoms with van der Waals surface area (Å²) in [6, 6.07) is 15.4. The number of carboxylic acids is 1. The molecule has 5 amide bonds. The minimum absolute atomic E-state index is 0.0128. The zero-order valence-electron chi connectivity index (χ0n) is 26.5. The Hall–Kier alpha value is -6.78. The van der Waals surface area contributed by atoms with Crippen molar-refractivity contribution in [3.8, 4) is 0 Å². The van der Waals surface area contributed by atoms with Gasteiger partial charge in [0, 0.05) is 5.56 Å². The van der Waals surface area contributed by atoms with Crippen LogP contribution in [0.25, 0.3) is 0 Å². The molecule has 4 rings (SSSR count). The molecule has 1 saturated heterocycles. The van der Waals surface area contributed by atoms with Crippen LogP contribution in [-0.2, 0) is 40.1 Å². The molecule has 1 aliphatic heterocycles. The lowest BCUT2D eigenvalue weighted by molar-refractivity contribution is -0.146. The quantitative estimate of drug-likeness (QED) is 0.0587. The topological polar surface area (TPSA) is 262 Å². The summed E-state index contributed by atoms with van der Waals surface area (Å²) in [6.45, 7) is -0.924. The van der Waals surface area contributed by atoms with E-state index in [1.807, 2.05) is 6.07 Å². The highest BCUT2D eigenvalue weighted by Crippen LogP contribution is 2.31. The van der Waals surface area contributed by atoms with E-state index < -0.39 is 78.7 Å². The zero-order chi connectivity index (χ0) is 36.4. The number of rotatable bonds is 14. The number of methoxy groups -OCH3 is 1. The van der Waals surface area contributed by atoms with Crippen LogP contribution < -0.4 is 27.4 Å². The lowest BCUT2D eigenvalue weighted by Crippen LogP contribution is -2.52. The van der Waals surface area contributed by atoms with Crippen LogP contribution in [0.5, 0.6) is 0 Å². The van der Waals surface area contributed by atoms with E-state index in [0.717, 1.165) is 12.7 Å². The second-order valence-electron chi connectivity index (χ2n) is 10.8. The Labute approximate surface area is 284 Å². The van der Waals surface area contributed by atoms with Gasteiger partial charge in [-0.1, -0.05) is 66.7 Å². The number of nitrogens with one attached hydrogen (secondary N) is 3. The number of guanidine groups is 1. The fourth-order valence-corrected chi connectivity index (χ4v) is 4.89. The number of nitrogens with zero attached hydrogens (tertiary/aromatic N) is 2. The molecule has 3 atom stereocenters. The summed E-state index contributed by atoms with van der Waals surface area (Å²) in [5, 5.41) is 16.4. The van der Waals surface area contributed by atoms with Crippen molar-refractivity contribution >= 4 is 53.3 Å². The molecule has 3 aromatic carbocycles. The van der Waals surface area contributed by atoms with Gasteiger partial charge in [0.25, 0.3) is 5.91 Å². The monoisotopic (exact) mass is 687 g/mol. The molecule has 1 aliphatic rings. The van der Waals surface area contributed by atoms with Gasteiger partial charge < -0.3 is 42.0 Å². The Morgan fingerprint density at radius 3 is 2.24 bits per heavy atom. The average Bonchev–Trinajstić information content (AvgIpc) is 3.37. The van der Waals surface area contributed by atoms with Crippen LogP contribution in [-0.4, -0.2) is 77.3 Å². The first-order valence-corrected chi connectivity index (χ1v) is 14.9. The van der Waals surface area contributed by atoms with Crippen molar-refractivity contribution in [3.05, 3.63) is 101 Å². The molecule has 1 fully saturated rings. The molecular formula is C33H33N7O10. The van der Waals surface area contributed by atoms with Crippen LogP contribution in [0.4, 0.5) is 10.5 Å². The first-order valence-electron chi connectivity index (χ1n) is 14.9. The number of carbonyl (C=O) groups is 7. The van der Waals surface area contributed by atoms with Crippen molar-refractivity contribution in [3.63, 3.8) is 0 Å². The molecule has 50 heavy (non-hydrogen) atoms. The third-order valence-corrected chi connectivity index (χ3v) is 7.25. The van der Waals surface area contributed by atoms with Crippen LogP contribution in [0.3, 0.4) is 0 Å². The molecule has 1 unspecified atom stereocenters. The minimum atomic E-state index is -1.71. The third-order valence-electron chi connectivity index (χ3n) is 7.25. The maximum atomic E-state index is 13.4. The first-order chi connectivity index (χ1) is 23.9. The lowest BCUT2D eigenvalue weighted by atomic mass is 10.0. The van der Waals surface area contributed by atoms with Crippen molar-refractivity contribution in [1.82, 2.24) is 20.9 Å². The lowest BCUT2D eigenvalue weighted by Gasteiger charge is -2.22. The Bertz CT molecular complexity index is 1810. The summed E-state index contributed by atoms with van der Waals surface area (Å²) in [5.74, 6) is -6.47. The van der Waals surface area contributed by atoms with Gasteiger partial charge in [-0.25, -0.2) is 19.4 Å². The summed E-state index contributed by atoms with van der Waals surface area (Å²) >= 11 is 0. The molecule has 3 aromatic rings. The van der Waals surface area contributed by atoms with Gasteiger partial charge >= 0.3 is 23.9 Å². The van der Waals surface area contributed by atoms with Gasteiger partial charge in [0.2, 0.25) is 11.8 Å². The number of carbonyl (C=O) groups excluding carboxylic acids is 6. The fourth-order valence-electron chi connectivity index (χ4n) is 4.89. The summed E-state index contributed by atoms with van der Waals surface area (Å²) in [5.41, 5.74) is 12.3. The van der Waals surface area contributed by atoms with Gasteiger partial charge in [-0.15, -0.1) is 0 Å². The largest absolute Gasteiger partial charge is 0.481 e. The normalized spacial score (nSPS) is 14.8. The van der Waals surface area contributed by atoms with Crippen LogP contribution in [0.15, 0.2) is 83.9 Å². The number of ether oxygens (including phenoxy) is 2. The minimum Gasteiger partial charge on any atom is -0.481 e. The molecule has 0 spiro atoms. The number of aliphatic carboxylic acids is 1. The second kappa shape index (κ2) is 16.4. The van der Waals surface area contributed by atoms with Crippen molar-refractivity contribution in [2.45, 2.75) is 31.2 Å². The van der Waals surface area contributed by atoms with E-state index in [4.69, 9.17) is 20.9 Å². The van der Waals surface area contributed by atoms with Crippen LogP contribution in [0.2, 0.25) is 0 Å². The van der Waals surface area contributed by atoms with Crippen molar-refractivity contribution in [1.29, 1.82) is 0 Å². The van der Waals surface area contributed by atoms with Gasteiger partial charge in [0.1, 0.15) is 25.2 Å². The predicted octanol–water partition coefficient (Wildman–Crippen LogP) is 0.531. The van der Waals surface area contributed by atoms with Crippen LogP contribution in [0, 0.1) is 0 Å². The van der Waals surface area contributed by atoms with E-state index in [2.05, 4.69) is 20.9 Å². The van der Waals surface area contributed by atoms with E-state index >= 15 is 0 Å². The molecule has 8 N–H and O–H groups in total. The average molecular weight is 688 g/mol. The van der Waals surface area contributed by atoms with E-state index in [9.17, 15) is 38.7 Å². The highest BCUT2D eigenvalue weighted by Gasteiger charge is 2.41. The van der Waals surface area contributed by atoms with Crippen molar-refractivity contribution < 1.29 is 48.1 Å². The maximum absolute atomic E-state index is 13.4. The second-order valence-corrected chi connectivity index (χ2v) is 10.8. The number of urea groups is 1. The highest BCUT2D eigenvalue weighted by atomic mass is 16.5. The molecule has 17 nitrogen and oxygen atoms in total. The predicted molar refractivity (Wildman–Crippen MR) is 174 cm³/mol. The molecule has 0 aromatic heterocycles. The van der Waals surface area contributed by atoms with E-state index in [1.165, 1.54) is 30.3 Å².